The Morgan fingerprint density at radius 3 is 1.33 bits per heavy atom. The summed E-state index contributed by atoms with van der Waals surface area (Å²) in [4.78, 5) is 12.4. The molecule has 0 aliphatic rings. The number of carbonyl (C=O) groups is 1. The molecule has 0 saturated carbocycles. The number of amides is 1. The highest BCUT2D eigenvalue weighted by Crippen LogP contribution is 2.15. The van der Waals surface area contributed by atoms with Crippen LogP contribution in [0.1, 0.15) is 206 Å². The standard InChI is InChI=1S/C41H79NO4/c1-3-5-7-9-11-13-15-17-19-20-21-23-25-27-29-31-33-35-40(45)39(37-43)42-41(46)36-38(44)34-32-30-28-26-24-22-18-16-14-12-10-8-6-4-2/h22,24,33,35,38-40,43-45H,3-21,23,25-32,34,36-37H2,1-2H3,(H,42,46)/b24-22-,35-33+. The molecule has 3 atom stereocenters. The van der Waals surface area contributed by atoms with Crippen molar-refractivity contribution in [2.45, 2.75) is 225 Å². The molecule has 0 spiro atoms. The summed E-state index contributed by atoms with van der Waals surface area (Å²) in [7, 11) is 0. The predicted molar refractivity (Wildman–Crippen MR) is 199 cm³/mol. The van der Waals surface area contributed by atoms with Crippen molar-refractivity contribution in [2.75, 3.05) is 6.61 Å². The first-order chi connectivity index (χ1) is 22.5. The van der Waals surface area contributed by atoms with Gasteiger partial charge in [-0.15, -0.1) is 0 Å². The maximum Gasteiger partial charge on any atom is 0.222 e. The minimum absolute atomic E-state index is 0.00437. The fourth-order valence-corrected chi connectivity index (χ4v) is 6.10. The van der Waals surface area contributed by atoms with Gasteiger partial charge in [-0.2, -0.15) is 0 Å². The minimum Gasteiger partial charge on any atom is -0.394 e. The van der Waals surface area contributed by atoms with Gasteiger partial charge in [0.05, 0.1) is 31.3 Å². The van der Waals surface area contributed by atoms with E-state index in [2.05, 4.69) is 31.3 Å². The average molecular weight is 650 g/mol. The fourth-order valence-electron chi connectivity index (χ4n) is 6.10. The van der Waals surface area contributed by atoms with E-state index in [1.807, 2.05) is 6.08 Å². The van der Waals surface area contributed by atoms with E-state index in [4.69, 9.17) is 0 Å². The van der Waals surface area contributed by atoms with Gasteiger partial charge in [-0.25, -0.2) is 0 Å². The second kappa shape index (κ2) is 36.7. The first-order valence-corrected chi connectivity index (χ1v) is 20.1. The second-order valence-corrected chi connectivity index (χ2v) is 13.9. The number of nitrogens with one attached hydrogen (secondary N) is 1. The van der Waals surface area contributed by atoms with E-state index in [0.717, 1.165) is 38.5 Å². The highest BCUT2D eigenvalue weighted by Gasteiger charge is 2.20. The Hall–Kier alpha value is -1.17. The molecule has 5 nitrogen and oxygen atoms in total. The van der Waals surface area contributed by atoms with Crippen LogP contribution in [0.2, 0.25) is 0 Å². The molecular weight excluding hydrogens is 570 g/mol. The molecule has 1 amide bonds. The lowest BCUT2D eigenvalue weighted by molar-refractivity contribution is -0.124. The van der Waals surface area contributed by atoms with E-state index in [1.165, 1.54) is 141 Å². The second-order valence-electron chi connectivity index (χ2n) is 13.9. The molecule has 272 valence electrons. The van der Waals surface area contributed by atoms with Crippen LogP contribution in [0.25, 0.3) is 0 Å². The van der Waals surface area contributed by atoms with E-state index >= 15 is 0 Å². The quantitative estimate of drug-likeness (QED) is 0.0401. The minimum atomic E-state index is -0.929. The van der Waals surface area contributed by atoms with Gasteiger partial charge in [-0.3, -0.25) is 4.79 Å². The molecule has 0 saturated heterocycles. The van der Waals surface area contributed by atoms with Crippen LogP contribution in [-0.4, -0.2) is 46.1 Å². The Bertz CT molecular complexity index is 679. The maximum absolute atomic E-state index is 12.4. The summed E-state index contributed by atoms with van der Waals surface area (Å²) in [6.07, 6.45) is 43.0. The van der Waals surface area contributed by atoms with Gasteiger partial charge in [0, 0.05) is 0 Å². The Morgan fingerprint density at radius 2 is 0.913 bits per heavy atom. The van der Waals surface area contributed by atoms with Crippen LogP contribution < -0.4 is 5.32 Å². The first kappa shape index (κ1) is 44.8. The van der Waals surface area contributed by atoms with Crippen molar-refractivity contribution in [2.24, 2.45) is 0 Å². The summed E-state index contributed by atoms with van der Waals surface area (Å²) in [6, 6.07) is -0.746. The van der Waals surface area contributed by atoms with E-state index in [9.17, 15) is 20.1 Å². The molecule has 0 bridgehead atoms. The average Bonchev–Trinajstić information content (AvgIpc) is 3.05. The topological polar surface area (TPSA) is 89.8 Å². The van der Waals surface area contributed by atoms with Gasteiger partial charge in [-0.05, 0) is 44.9 Å². The molecule has 0 aromatic heterocycles. The Morgan fingerprint density at radius 1 is 0.543 bits per heavy atom. The third-order valence-electron chi connectivity index (χ3n) is 9.23. The molecule has 0 aromatic carbocycles. The number of aliphatic hydroxyl groups excluding tert-OH is 3. The van der Waals surface area contributed by atoms with Crippen molar-refractivity contribution in [3.05, 3.63) is 24.3 Å². The summed E-state index contributed by atoms with van der Waals surface area (Å²) >= 11 is 0. The van der Waals surface area contributed by atoms with Gasteiger partial charge < -0.3 is 20.6 Å². The Labute approximate surface area is 286 Å². The van der Waals surface area contributed by atoms with Crippen LogP contribution in [0.4, 0.5) is 0 Å². The highest BCUT2D eigenvalue weighted by atomic mass is 16.3. The van der Waals surface area contributed by atoms with E-state index in [-0.39, 0.29) is 18.9 Å². The molecule has 0 radical (unpaired) electrons. The zero-order valence-electron chi connectivity index (χ0n) is 30.7. The molecule has 0 fully saturated rings. The van der Waals surface area contributed by atoms with Gasteiger partial charge >= 0.3 is 0 Å². The van der Waals surface area contributed by atoms with Crippen LogP contribution in [-0.2, 0) is 4.79 Å². The van der Waals surface area contributed by atoms with Crippen molar-refractivity contribution >= 4 is 5.91 Å². The summed E-state index contributed by atoms with van der Waals surface area (Å²) in [5.41, 5.74) is 0. The lowest BCUT2D eigenvalue weighted by atomic mass is 10.0. The van der Waals surface area contributed by atoms with Gasteiger partial charge in [0.2, 0.25) is 5.91 Å². The van der Waals surface area contributed by atoms with Crippen LogP contribution in [0, 0.1) is 0 Å². The number of hydrogen-bond donors (Lipinski definition) is 4. The lowest BCUT2D eigenvalue weighted by Crippen LogP contribution is -2.45. The molecule has 5 heteroatoms. The largest absolute Gasteiger partial charge is 0.394 e. The van der Waals surface area contributed by atoms with E-state index in [0.29, 0.717) is 6.42 Å². The number of hydrogen-bond acceptors (Lipinski definition) is 4. The van der Waals surface area contributed by atoms with E-state index < -0.39 is 18.2 Å². The molecule has 0 aliphatic heterocycles. The zero-order chi connectivity index (χ0) is 33.8. The van der Waals surface area contributed by atoms with Gasteiger partial charge in [-0.1, -0.05) is 179 Å². The van der Waals surface area contributed by atoms with Crippen molar-refractivity contribution in [1.82, 2.24) is 5.32 Å². The number of carbonyl (C=O) groups excluding carboxylic acids is 1. The number of allylic oxidation sites excluding steroid dienone is 3. The fraction of sp³-hybridized carbons (Fsp3) is 0.878. The van der Waals surface area contributed by atoms with Crippen LogP contribution in [0.15, 0.2) is 24.3 Å². The smallest absolute Gasteiger partial charge is 0.222 e. The third-order valence-corrected chi connectivity index (χ3v) is 9.23. The molecule has 46 heavy (non-hydrogen) atoms. The van der Waals surface area contributed by atoms with Crippen molar-refractivity contribution < 1.29 is 20.1 Å². The SMILES string of the molecule is CCCCCCCCC/C=C\CCCCCC(O)CC(=O)NC(CO)C(O)/C=C/CCCCCCCCCCCCCCCCC. The lowest BCUT2D eigenvalue weighted by Gasteiger charge is -2.21. The van der Waals surface area contributed by atoms with Crippen LogP contribution in [0.5, 0.6) is 0 Å². The first-order valence-electron chi connectivity index (χ1n) is 20.1. The number of rotatable bonds is 36. The van der Waals surface area contributed by atoms with E-state index in [1.54, 1.807) is 6.08 Å². The molecule has 0 aromatic rings. The van der Waals surface area contributed by atoms with Gasteiger partial charge in [0.1, 0.15) is 0 Å². The normalized spacial score (nSPS) is 13.9. The van der Waals surface area contributed by atoms with Crippen LogP contribution in [0.3, 0.4) is 0 Å². The van der Waals surface area contributed by atoms with Crippen LogP contribution >= 0.6 is 0 Å². The molecule has 3 unspecified atom stereocenters. The Kier molecular flexibility index (Phi) is 35.7. The summed E-state index contributed by atoms with van der Waals surface area (Å²) < 4.78 is 0. The molecule has 0 aliphatic carbocycles. The predicted octanol–water partition coefficient (Wildman–Crippen LogP) is 11.0. The van der Waals surface area contributed by atoms with Crippen molar-refractivity contribution in [1.29, 1.82) is 0 Å². The third kappa shape index (κ3) is 32.8. The molecule has 0 rings (SSSR count). The van der Waals surface area contributed by atoms with Gasteiger partial charge in [0.15, 0.2) is 0 Å². The summed E-state index contributed by atoms with van der Waals surface area (Å²) in [5.74, 6) is -0.324. The highest BCUT2D eigenvalue weighted by molar-refractivity contribution is 5.76. The molecule has 4 N–H and O–H groups in total. The number of unbranched alkanes of at least 4 members (excludes halogenated alkanes) is 25. The molecule has 0 heterocycles. The maximum atomic E-state index is 12.4. The molecular formula is C41H79NO4. The van der Waals surface area contributed by atoms with Crippen molar-refractivity contribution in [3.8, 4) is 0 Å². The Balaban J connectivity index is 3.72. The van der Waals surface area contributed by atoms with Gasteiger partial charge in [0.25, 0.3) is 0 Å². The monoisotopic (exact) mass is 650 g/mol. The zero-order valence-corrected chi connectivity index (χ0v) is 30.7. The number of aliphatic hydroxyl groups is 3. The summed E-state index contributed by atoms with van der Waals surface area (Å²) in [6.45, 7) is 4.20. The summed E-state index contributed by atoms with van der Waals surface area (Å²) in [5, 5.41) is 33.1. The van der Waals surface area contributed by atoms with Crippen molar-refractivity contribution in [3.63, 3.8) is 0 Å².